The van der Waals surface area contributed by atoms with Crippen LogP contribution in [0.25, 0.3) is 0 Å². The van der Waals surface area contributed by atoms with Crippen molar-refractivity contribution in [1.29, 1.82) is 0 Å². The Morgan fingerprint density at radius 3 is 2.70 bits per heavy atom. The van der Waals surface area contributed by atoms with E-state index in [4.69, 9.17) is 11.6 Å². The lowest BCUT2D eigenvalue weighted by molar-refractivity contribution is -0.120. The second kappa shape index (κ2) is 8.04. The molecule has 122 valence electrons. The van der Waals surface area contributed by atoms with Crippen LogP contribution in [-0.4, -0.2) is 12.5 Å². The molecule has 0 aliphatic rings. The highest BCUT2D eigenvalue weighted by molar-refractivity contribution is 6.30. The molecule has 2 rings (SSSR count). The van der Waals surface area contributed by atoms with Gasteiger partial charge in [-0.25, -0.2) is 8.78 Å². The van der Waals surface area contributed by atoms with Gasteiger partial charge >= 0.3 is 0 Å². The lowest BCUT2D eigenvalue weighted by Crippen LogP contribution is -2.34. The van der Waals surface area contributed by atoms with Gasteiger partial charge in [-0.15, -0.1) is 0 Å². The van der Waals surface area contributed by atoms with E-state index in [-0.39, 0.29) is 12.5 Å². The van der Waals surface area contributed by atoms with Crippen molar-refractivity contribution in [2.45, 2.75) is 19.5 Å². The van der Waals surface area contributed by atoms with Crippen LogP contribution >= 0.6 is 11.6 Å². The van der Waals surface area contributed by atoms with Crippen molar-refractivity contribution in [3.63, 3.8) is 0 Å². The summed E-state index contributed by atoms with van der Waals surface area (Å²) in [6.07, 6.45) is 0. The molecule has 2 N–H and O–H groups in total. The topological polar surface area (TPSA) is 41.1 Å². The Hall–Kier alpha value is -1.98. The van der Waals surface area contributed by atoms with E-state index in [1.165, 1.54) is 12.1 Å². The van der Waals surface area contributed by atoms with Crippen molar-refractivity contribution in [3.05, 3.63) is 70.2 Å². The molecule has 0 saturated heterocycles. The lowest BCUT2D eigenvalue weighted by atomic mass is 10.1. The zero-order valence-corrected chi connectivity index (χ0v) is 13.3. The number of halogens is 3. The van der Waals surface area contributed by atoms with Gasteiger partial charge in [0.05, 0.1) is 6.54 Å². The summed E-state index contributed by atoms with van der Waals surface area (Å²) in [7, 11) is 0. The summed E-state index contributed by atoms with van der Waals surface area (Å²) in [4.78, 5) is 11.8. The maximum Gasteiger partial charge on any atom is 0.234 e. The molecule has 23 heavy (non-hydrogen) atoms. The quantitative estimate of drug-likeness (QED) is 0.845. The van der Waals surface area contributed by atoms with Gasteiger partial charge in [0.1, 0.15) is 11.6 Å². The minimum atomic E-state index is -0.635. The van der Waals surface area contributed by atoms with Crippen LogP contribution in [0.2, 0.25) is 5.02 Å². The van der Waals surface area contributed by atoms with E-state index in [1.807, 2.05) is 12.1 Å². The van der Waals surface area contributed by atoms with Crippen molar-refractivity contribution in [3.8, 4) is 0 Å². The zero-order chi connectivity index (χ0) is 16.8. The second-order valence-corrected chi connectivity index (χ2v) is 5.61. The first-order chi connectivity index (χ1) is 11.0. The molecule has 0 fully saturated rings. The molecular formula is C17H17ClF2N2O. The number of benzene rings is 2. The molecule has 0 aromatic heterocycles. The third-order valence-corrected chi connectivity index (χ3v) is 3.61. The molecule has 0 bridgehead atoms. The van der Waals surface area contributed by atoms with E-state index >= 15 is 0 Å². The Kier molecular flexibility index (Phi) is 6.07. The molecule has 0 heterocycles. The van der Waals surface area contributed by atoms with Gasteiger partial charge in [-0.05, 0) is 30.7 Å². The third-order valence-electron chi connectivity index (χ3n) is 3.38. The molecule has 1 amide bonds. The average Bonchev–Trinajstić information content (AvgIpc) is 2.50. The van der Waals surface area contributed by atoms with Crippen LogP contribution in [0.1, 0.15) is 24.1 Å². The number of carbonyl (C=O) groups excluding carboxylic acids is 1. The normalized spacial score (nSPS) is 12.0. The SMILES string of the molecule is C[C@H](NCC(=O)NCc1cccc(Cl)c1)c1ccc(F)cc1F. The molecule has 3 nitrogen and oxygen atoms in total. The zero-order valence-electron chi connectivity index (χ0n) is 12.6. The van der Waals surface area contributed by atoms with Crippen molar-refractivity contribution < 1.29 is 13.6 Å². The molecular weight excluding hydrogens is 322 g/mol. The number of hydrogen-bond acceptors (Lipinski definition) is 2. The van der Waals surface area contributed by atoms with Crippen LogP contribution in [0.3, 0.4) is 0 Å². The molecule has 2 aromatic rings. The Morgan fingerprint density at radius 2 is 2.00 bits per heavy atom. The molecule has 6 heteroatoms. The largest absolute Gasteiger partial charge is 0.351 e. The smallest absolute Gasteiger partial charge is 0.234 e. The second-order valence-electron chi connectivity index (χ2n) is 5.18. The average molecular weight is 339 g/mol. The van der Waals surface area contributed by atoms with Crippen LogP contribution in [0.5, 0.6) is 0 Å². The number of rotatable bonds is 6. The first-order valence-corrected chi connectivity index (χ1v) is 7.53. The van der Waals surface area contributed by atoms with Gasteiger partial charge in [0.2, 0.25) is 5.91 Å². The summed E-state index contributed by atoms with van der Waals surface area (Å²) in [6.45, 7) is 2.10. The molecule has 0 aliphatic carbocycles. The van der Waals surface area contributed by atoms with E-state index in [0.29, 0.717) is 17.1 Å². The van der Waals surface area contributed by atoms with Crippen molar-refractivity contribution in [2.24, 2.45) is 0 Å². The maximum absolute atomic E-state index is 13.6. The number of nitrogens with one attached hydrogen (secondary N) is 2. The molecule has 0 radical (unpaired) electrons. The van der Waals surface area contributed by atoms with Crippen LogP contribution < -0.4 is 10.6 Å². The first kappa shape index (κ1) is 17.4. The predicted octanol–water partition coefficient (Wildman–Crippen LogP) is 3.59. The van der Waals surface area contributed by atoms with Crippen LogP contribution in [-0.2, 0) is 11.3 Å². The molecule has 1 atom stereocenters. The highest BCUT2D eigenvalue weighted by Gasteiger charge is 2.12. The molecule has 2 aromatic carbocycles. The van der Waals surface area contributed by atoms with Crippen molar-refractivity contribution >= 4 is 17.5 Å². The van der Waals surface area contributed by atoms with Crippen LogP contribution in [0.15, 0.2) is 42.5 Å². The number of hydrogen-bond donors (Lipinski definition) is 2. The van der Waals surface area contributed by atoms with Crippen LogP contribution in [0.4, 0.5) is 8.78 Å². The Labute approximate surface area is 138 Å². The van der Waals surface area contributed by atoms with Crippen molar-refractivity contribution in [2.75, 3.05) is 6.54 Å². The predicted molar refractivity (Wildman–Crippen MR) is 86.1 cm³/mol. The van der Waals surface area contributed by atoms with E-state index in [1.54, 1.807) is 19.1 Å². The van der Waals surface area contributed by atoms with Gasteiger partial charge in [0.25, 0.3) is 0 Å². The van der Waals surface area contributed by atoms with E-state index in [2.05, 4.69) is 10.6 Å². The molecule has 0 saturated carbocycles. The number of amides is 1. The van der Waals surface area contributed by atoms with Gasteiger partial charge in [0.15, 0.2) is 0 Å². The summed E-state index contributed by atoms with van der Waals surface area (Å²) in [6, 6.07) is 10.2. The van der Waals surface area contributed by atoms with E-state index in [0.717, 1.165) is 11.6 Å². The van der Waals surface area contributed by atoms with Crippen molar-refractivity contribution in [1.82, 2.24) is 10.6 Å². The van der Waals surface area contributed by atoms with Gasteiger partial charge < -0.3 is 10.6 Å². The maximum atomic E-state index is 13.6. The minimum Gasteiger partial charge on any atom is -0.351 e. The fourth-order valence-corrected chi connectivity index (χ4v) is 2.33. The monoisotopic (exact) mass is 338 g/mol. The highest BCUT2D eigenvalue weighted by Crippen LogP contribution is 2.17. The van der Waals surface area contributed by atoms with E-state index < -0.39 is 17.7 Å². The third kappa shape index (κ3) is 5.30. The standard InChI is InChI=1S/C17H17ClF2N2O/c1-11(15-6-5-14(19)8-16(15)20)21-10-17(23)22-9-12-3-2-4-13(18)7-12/h2-8,11,21H,9-10H2,1H3,(H,22,23)/t11-/m0/s1. The van der Waals surface area contributed by atoms with Crippen LogP contribution in [0, 0.1) is 11.6 Å². The fourth-order valence-electron chi connectivity index (χ4n) is 2.12. The molecule has 0 aliphatic heterocycles. The van der Waals surface area contributed by atoms with Gasteiger partial charge in [0, 0.05) is 29.2 Å². The Bertz CT molecular complexity index is 694. The Morgan fingerprint density at radius 1 is 1.22 bits per heavy atom. The summed E-state index contributed by atoms with van der Waals surface area (Å²) < 4.78 is 26.5. The fraction of sp³-hybridized carbons (Fsp3) is 0.235. The summed E-state index contributed by atoms with van der Waals surface area (Å²) in [5.74, 6) is -1.48. The van der Waals surface area contributed by atoms with Gasteiger partial charge in [-0.2, -0.15) is 0 Å². The van der Waals surface area contributed by atoms with E-state index in [9.17, 15) is 13.6 Å². The minimum absolute atomic E-state index is 0.0263. The summed E-state index contributed by atoms with van der Waals surface area (Å²) >= 11 is 5.87. The molecule has 0 spiro atoms. The lowest BCUT2D eigenvalue weighted by Gasteiger charge is -2.15. The Balaban J connectivity index is 1.81. The summed E-state index contributed by atoms with van der Waals surface area (Å²) in [5, 5.41) is 6.26. The number of carbonyl (C=O) groups is 1. The summed E-state index contributed by atoms with van der Waals surface area (Å²) in [5.41, 5.74) is 1.21. The molecule has 0 unspecified atom stereocenters. The first-order valence-electron chi connectivity index (χ1n) is 7.15. The highest BCUT2D eigenvalue weighted by atomic mass is 35.5. The van der Waals surface area contributed by atoms with Gasteiger partial charge in [-0.3, -0.25) is 4.79 Å². The van der Waals surface area contributed by atoms with Gasteiger partial charge in [-0.1, -0.05) is 29.8 Å².